The van der Waals surface area contributed by atoms with Crippen molar-refractivity contribution in [3.63, 3.8) is 0 Å². The highest BCUT2D eigenvalue weighted by Crippen LogP contribution is 2.21. The molecule has 76 valence electrons. The molecule has 0 aliphatic heterocycles. The van der Waals surface area contributed by atoms with Crippen LogP contribution in [0, 0.1) is 6.92 Å². The zero-order chi connectivity index (χ0) is 10.8. The fourth-order valence-electron chi connectivity index (χ4n) is 1.20. The van der Waals surface area contributed by atoms with Gasteiger partial charge in [0.05, 0.1) is 5.69 Å². The fourth-order valence-corrected chi connectivity index (χ4v) is 1.91. The number of Topliss-reactive ketones (excluding diaryl/α,β-unsaturated/α-hetero) is 1. The Morgan fingerprint density at radius 1 is 1.33 bits per heavy atom. The van der Waals surface area contributed by atoms with Crippen LogP contribution in [0.1, 0.15) is 22.4 Å². The molecule has 0 radical (unpaired) electrons. The Morgan fingerprint density at radius 2 is 2.07 bits per heavy atom. The van der Waals surface area contributed by atoms with E-state index >= 15 is 0 Å². The van der Waals surface area contributed by atoms with Crippen LogP contribution in [0.15, 0.2) is 17.8 Å². The van der Waals surface area contributed by atoms with Gasteiger partial charge in [0.15, 0.2) is 10.8 Å². The molecule has 2 aromatic heterocycles. The SMILES string of the molecule is CC(=O)c1nc(-c2nccnc2C)cs1. The van der Waals surface area contributed by atoms with Gasteiger partial charge in [-0.05, 0) is 6.92 Å². The summed E-state index contributed by atoms with van der Waals surface area (Å²) in [7, 11) is 0. The molecule has 0 aliphatic rings. The van der Waals surface area contributed by atoms with E-state index in [2.05, 4.69) is 15.0 Å². The molecule has 0 atom stereocenters. The number of hydrogen-bond donors (Lipinski definition) is 0. The molecule has 0 unspecified atom stereocenters. The number of ketones is 1. The molecule has 0 N–H and O–H groups in total. The Morgan fingerprint density at radius 3 is 2.67 bits per heavy atom. The normalized spacial score (nSPS) is 10.3. The van der Waals surface area contributed by atoms with Crippen molar-refractivity contribution in [2.45, 2.75) is 13.8 Å². The molecule has 0 spiro atoms. The van der Waals surface area contributed by atoms with Gasteiger partial charge in [-0.2, -0.15) is 0 Å². The molecular formula is C10H9N3OS. The first-order chi connectivity index (χ1) is 7.18. The summed E-state index contributed by atoms with van der Waals surface area (Å²) in [4.78, 5) is 23.6. The zero-order valence-corrected chi connectivity index (χ0v) is 9.21. The summed E-state index contributed by atoms with van der Waals surface area (Å²) >= 11 is 1.33. The number of hydrogen-bond acceptors (Lipinski definition) is 5. The molecule has 0 saturated heterocycles. The first-order valence-electron chi connectivity index (χ1n) is 4.43. The lowest BCUT2D eigenvalue weighted by Crippen LogP contribution is -1.93. The maximum atomic E-state index is 11.1. The lowest BCUT2D eigenvalue weighted by atomic mass is 10.2. The Balaban J connectivity index is 2.46. The van der Waals surface area contributed by atoms with Crippen LogP contribution in [0.25, 0.3) is 11.4 Å². The first-order valence-corrected chi connectivity index (χ1v) is 5.31. The second kappa shape index (κ2) is 3.86. The van der Waals surface area contributed by atoms with Crippen molar-refractivity contribution in [3.8, 4) is 11.4 Å². The van der Waals surface area contributed by atoms with Gasteiger partial charge in [0, 0.05) is 24.7 Å². The summed E-state index contributed by atoms with van der Waals surface area (Å²) < 4.78 is 0. The van der Waals surface area contributed by atoms with Crippen LogP contribution in [0.3, 0.4) is 0 Å². The minimum Gasteiger partial charge on any atom is -0.292 e. The van der Waals surface area contributed by atoms with E-state index in [1.54, 1.807) is 12.4 Å². The van der Waals surface area contributed by atoms with E-state index in [1.807, 2.05) is 12.3 Å². The van der Waals surface area contributed by atoms with Gasteiger partial charge in [-0.15, -0.1) is 11.3 Å². The smallest absolute Gasteiger partial charge is 0.188 e. The maximum absolute atomic E-state index is 11.1. The van der Waals surface area contributed by atoms with Gasteiger partial charge in [0.25, 0.3) is 0 Å². The van der Waals surface area contributed by atoms with E-state index in [-0.39, 0.29) is 5.78 Å². The number of nitrogens with zero attached hydrogens (tertiary/aromatic N) is 3. The predicted molar refractivity (Wildman–Crippen MR) is 57.9 cm³/mol. The molecule has 0 aliphatic carbocycles. The molecular weight excluding hydrogens is 210 g/mol. The maximum Gasteiger partial charge on any atom is 0.188 e. The molecule has 2 rings (SSSR count). The summed E-state index contributed by atoms with van der Waals surface area (Å²) in [6.45, 7) is 3.38. The molecule has 0 bridgehead atoms. The van der Waals surface area contributed by atoms with Crippen molar-refractivity contribution >= 4 is 17.1 Å². The third kappa shape index (κ3) is 1.92. The van der Waals surface area contributed by atoms with E-state index in [0.717, 1.165) is 17.1 Å². The van der Waals surface area contributed by atoms with Gasteiger partial charge >= 0.3 is 0 Å². The molecule has 0 saturated carbocycles. The summed E-state index contributed by atoms with van der Waals surface area (Å²) in [5.41, 5.74) is 2.27. The quantitative estimate of drug-likeness (QED) is 0.726. The molecule has 0 aromatic carbocycles. The molecule has 2 aromatic rings. The van der Waals surface area contributed by atoms with Crippen molar-refractivity contribution < 1.29 is 4.79 Å². The van der Waals surface area contributed by atoms with Crippen molar-refractivity contribution in [1.82, 2.24) is 15.0 Å². The Kier molecular flexibility index (Phi) is 2.55. The minimum absolute atomic E-state index is 0.0206. The second-order valence-electron chi connectivity index (χ2n) is 3.08. The average Bonchev–Trinajstić information content (AvgIpc) is 2.67. The molecule has 4 nitrogen and oxygen atoms in total. The highest BCUT2D eigenvalue weighted by Gasteiger charge is 2.10. The number of thiazole rings is 1. The van der Waals surface area contributed by atoms with Gasteiger partial charge in [-0.1, -0.05) is 0 Å². The second-order valence-corrected chi connectivity index (χ2v) is 3.94. The topological polar surface area (TPSA) is 55.7 Å². The minimum atomic E-state index is -0.0206. The average molecular weight is 219 g/mol. The van der Waals surface area contributed by atoms with Crippen LogP contribution in [0.2, 0.25) is 0 Å². The lowest BCUT2D eigenvalue weighted by Gasteiger charge is -1.97. The van der Waals surface area contributed by atoms with Crippen molar-refractivity contribution in [3.05, 3.63) is 28.5 Å². The number of carbonyl (C=O) groups is 1. The highest BCUT2D eigenvalue weighted by atomic mass is 32.1. The monoisotopic (exact) mass is 219 g/mol. The number of rotatable bonds is 2. The first kappa shape index (κ1) is 9.92. The lowest BCUT2D eigenvalue weighted by molar-refractivity contribution is 0.101. The van der Waals surface area contributed by atoms with Crippen LogP contribution in [-0.4, -0.2) is 20.7 Å². The molecule has 15 heavy (non-hydrogen) atoms. The van der Waals surface area contributed by atoms with Crippen LogP contribution >= 0.6 is 11.3 Å². The van der Waals surface area contributed by atoms with E-state index < -0.39 is 0 Å². The van der Waals surface area contributed by atoms with Gasteiger partial charge in [-0.25, -0.2) is 4.98 Å². The molecule has 0 amide bonds. The summed E-state index contributed by atoms with van der Waals surface area (Å²) in [5.74, 6) is -0.0206. The van der Waals surface area contributed by atoms with E-state index in [1.165, 1.54) is 18.3 Å². The summed E-state index contributed by atoms with van der Waals surface area (Å²) in [6.07, 6.45) is 3.26. The zero-order valence-electron chi connectivity index (χ0n) is 8.39. The standard InChI is InChI=1S/C10H9N3OS/c1-6-9(12-4-3-11-6)8-5-15-10(13-8)7(2)14/h3-5H,1-2H3. The van der Waals surface area contributed by atoms with Crippen LogP contribution in [0.5, 0.6) is 0 Å². The van der Waals surface area contributed by atoms with Crippen molar-refractivity contribution in [2.24, 2.45) is 0 Å². The van der Waals surface area contributed by atoms with E-state index in [0.29, 0.717) is 5.01 Å². The number of aryl methyl sites for hydroxylation is 1. The predicted octanol–water partition coefficient (Wildman–Crippen LogP) is 2.11. The van der Waals surface area contributed by atoms with Gasteiger partial charge in [-0.3, -0.25) is 14.8 Å². The Hall–Kier alpha value is -1.62. The van der Waals surface area contributed by atoms with Crippen LogP contribution in [-0.2, 0) is 0 Å². The number of aromatic nitrogens is 3. The van der Waals surface area contributed by atoms with Crippen molar-refractivity contribution in [1.29, 1.82) is 0 Å². The third-order valence-electron chi connectivity index (χ3n) is 1.93. The molecule has 0 fully saturated rings. The number of carbonyl (C=O) groups excluding carboxylic acids is 1. The Bertz CT molecular complexity index is 507. The van der Waals surface area contributed by atoms with E-state index in [4.69, 9.17) is 0 Å². The molecule has 5 heteroatoms. The summed E-state index contributed by atoms with van der Waals surface area (Å²) in [6, 6.07) is 0. The summed E-state index contributed by atoms with van der Waals surface area (Å²) in [5, 5.41) is 2.34. The Labute approximate surface area is 91.0 Å². The van der Waals surface area contributed by atoms with Crippen molar-refractivity contribution in [2.75, 3.05) is 0 Å². The van der Waals surface area contributed by atoms with Crippen LogP contribution < -0.4 is 0 Å². The largest absolute Gasteiger partial charge is 0.292 e. The van der Waals surface area contributed by atoms with E-state index in [9.17, 15) is 4.79 Å². The molecule has 2 heterocycles. The highest BCUT2D eigenvalue weighted by molar-refractivity contribution is 7.12. The van der Waals surface area contributed by atoms with Crippen LogP contribution in [0.4, 0.5) is 0 Å². The van der Waals surface area contributed by atoms with Gasteiger partial charge < -0.3 is 0 Å². The third-order valence-corrected chi connectivity index (χ3v) is 2.87. The fraction of sp³-hybridized carbons (Fsp3) is 0.200. The van der Waals surface area contributed by atoms with Gasteiger partial charge in [0.1, 0.15) is 11.4 Å². The van der Waals surface area contributed by atoms with Gasteiger partial charge in [0.2, 0.25) is 0 Å².